The summed E-state index contributed by atoms with van der Waals surface area (Å²) < 4.78 is 14.6. The van der Waals surface area contributed by atoms with Gasteiger partial charge in [0.25, 0.3) is 0 Å². The summed E-state index contributed by atoms with van der Waals surface area (Å²) in [6.07, 6.45) is 5.50. The normalized spacial score (nSPS) is 11.8. The molecule has 2 N–H and O–H groups in total. The third-order valence-electron chi connectivity index (χ3n) is 4.89. The van der Waals surface area contributed by atoms with Gasteiger partial charge >= 0.3 is 0 Å². The van der Waals surface area contributed by atoms with Crippen molar-refractivity contribution in [2.45, 2.75) is 12.5 Å². The average molecular weight is 492 g/mol. The lowest BCUT2D eigenvalue weighted by atomic mass is 10.0. The highest BCUT2D eigenvalue weighted by atomic mass is 35.5. The first-order valence-electron chi connectivity index (χ1n) is 10.5. The van der Waals surface area contributed by atoms with Crippen molar-refractivity contribution in [3.63, 3.8) is 0 Å². The molecule has 0 fully saturated rings. The first-order valence-corrected chi connectivity index (χ1v) is 10.8. The predicted molar refractivity (Wildman–Crippen MR) is 128 cm³/mol. The number of rotatable bonds is 8. The van der Waals surface area contributed by atoms with E-state index < -0.39 is 23.7 Å². The molecular formula is C24H19ClFN7O2. The maximum absolute atomic E-state index is 13.1. The minimum Gasteiger partial charge on any atom is -0.340 e. The largest absolute Gasteiger partial charge is 0.340 e. The Morgan fingerprint density at radius 1 is 1.11 bits per heavy atom. The number of nitrogens with one attached hydrogen (secondary N) is 2. The molecule has 0 unspecified atom stereocenters. The van der Waals surface area contributed by atoms with E-state index in [-0.39, 0.29) is 12.2 Å². The third-order valence-corrected chi connectivity index (χ3v) is 5.13. The highest BCUT2D eigenvalue weighted by Gasteiger charge is 2.21. The second kappa shape index (κ2) is 11.1. The maximum Gasteiger partial charge on any atom is 0.248 e. The van der Waals surface area contributed by atoms with Crippen molar-refractivity contribution in [2.24, 2.45) is 0 Å². The van der Waals surface area contributed by atoms with Crippen LogP contribution in [0.1, 0.15) is 11.1 Å². The number of benzene rings is 2. The van der Waals surface area contributed by atoms with Gasteiger partial charge in [-0.05, 0) is 52.4 Å². The van der Waals surface area contributed by atoms with E-state index in [1.165, 1.54) is 29.2 Å². The number of amides is 2. The number of hydrogen-bond donors (Lipinski definition) is 2. The summed E-state index contributed by atoms with van der Waals surface area (Å²) in [5, 5.41) is 16.9. The summed E-state index contributed by atoms with van der Waals surface area (Å²) in [5.41, 5.74) is 2.06. The van der Waals surface area contributed by atoms with Crippen molar-refractivity contribution in [2.75, 3.05) is 5.32 Å². The molecule has 0 spiro atoms. The van der Waals surface area contributed by atoms with Crippen molar-refractivity contribution < 1.29 is 14.0 Å². The Morgan fingerprint density at radius 3 is 2.66 bits per heavy atom. The van der Waals surface area contributed by atoms with E-state index in [1.54, 1.807) is 24.3 Å². The fourth-order valence-corrected chi connectivity index (χ4v) is 3.43. The summed E-state index contributed by atoms with van der Waals surface area (Å²) in [5.74, 6) is -1.35. The summed E-state index contributed by atoms with van der Waals surface area (Å²) in [6.45, 7) is 0. The van der Waals surface area contributed by atoms with Gasteiger partial charge in [-0.15, -0.1) is 5.10 Å². The second-order valence-electron chi connectivity index (χ2n) is 7.39. The zero-order valence-electron chi connectivity index (χ0n) is 18.2. The first kappa shape index (κ1) is 23.7. The number of tetrazole rings is 1. The minimum absolute atomic E-state index is 0.171. The van der Waals surface area contributed by atoms with Crippen LogP contribution in [0.3, 0.4) is 0 Å². The topological polar surface area (TPSA) is 115 Å². The van der Waals surface area contributed by atoms with Gasteiger partial charge in [-0.2, -0.15) is 4.68 Å². The van der Waals surface area contributed by atoms with E-state index in [9.17, 15) is 14.0 Å². The van der Waals surface area contributed by atoms with Crippen LogP contribution in [0.2, 0.25) is 5.02 Å². The molecule has 0 radical (unpaired) electrons. The molecule has 9 nitrogen and oxygen atoms in total. The van der Waals surface area contributed by atoms with Crippen molar-refractivity contribution in [3.05, 3.63) is 101 Å². The van der Waals surface area contributed by atoms with Crippen LogP contribution < -0.4 is 10.6 Å². The van der Waals surface area contributed by atoms with Crippen molar-refractivity contribution in [1.29, 1.82) is 0 Å². The maximum atomic E-state index is 13.1. The van der Waals surface area contributed by atoms with E-state index >= 15 is 0 Å². The van der Waals surface area contributed by atoms with Gasteiger partial charge in [-0.1, -0.05) is 41.9 Å². The number of carbonyl (C=O) groups is 2. The van der Waals surface area contributed by atoms with Crippen LogP contribution in [-0.4, -0.2) is 43.0 Å². The van der Waals surface area contributed by atoms with Gasteiger partial charge in [-0.25, -0.2) is 9.37 Å². The molecule has 2 aromatic carbocycles. The molecule has 0 aliphatic rings. The molecule has 2 heterocycles. The van der Waals surface area contributed by atoms with Crippen molar-refractivity contribution in [3.8, 4) is 5.69 Å². The Hall–Kier alpha value is -4.44. The van der Waals surface area contributed by atoms with E-state index in [1.807, 2.05) is 30.3 Å². The van der Waals surface area contributed by atoms with Crippen molar-refractivity contribution in [1.82, 2.24) is 30.5 Å². The lowest BCUT2D eigenvalue weighted by molar-refractivity contribution is -0.123. The molecule has 0 saturated carbocycles. The summed E-state index contributed by atoms with van der Waals surface area (Å²) in [6, 6.07) is 15.9. The lowest BCUT2D eigenvalue weighted by Gasteiger charge is -2.17. The van der Waals surface area contributed by atoms with Gasteiger partial charge in [-0.3, -0.25) is 9.59 Å². The standard InChI is InChI=1S/C24H19ClFN7O2/c25-18-7-9-21(33-15-28-31-32-33)17(13-18)6-11-23(34)29-20(12-16-4-2-1-3-5-16)24(35)30-22-10-8-19(26)14-27-22/h1-11,13-15,20H,12H2,(H,29,34)(H,27,30,35)/b11-6+/t20-/m0/s1. The van der Waals surface area contributed by atoms with Crippen LogP contribution >= 0.6 is 11.6 Å². The van der Waals surface area contributed by atoms with Crippen LogP contribution in [0.15, 0.2) is 79.3 Å². The Bertz CT molecular complexity index is 1330. The average Bonchev–Trinajstić information content (AvgIpc) is 3.39. The smallest absolute Gasteiger partial charge is 0.248 e. The molecule has 11 heteroatoms. The second-order valence-corrected chi connectivity index (χ2v) is 7.83. The van der Waals surface area contributed by atoms with Gasteiger partial charge in [0.05, 0.1) is 11.9 Å². The number of pyridine rings is 1. The minimum atomic E-state index is -0.917. The van der Waals surface area contributed by atoms with Crippen LogP contribution in [0.25, 0.3) is 11.8 Å². The summed E-state index contributed by atoms with van der Waals surface area (Å²) in [4.78, 5) is 29.6. The molecule has 2 aromatic heterocycles. The van der Waals surface area contributed by atoms with Crippen LogP contribution in [-0.2, 0) is 16.0 Å². The number of nitrogens with zero attached hydrogens (tertiary/aromatic N) is 5. The molecule has 4 rings (SSSR count). The molecule has 0 aliphatic carbocycles. The van der Waals surface area contributed by atoms with Gasteiger partial charge in [0, 0.05) is 23.1 Å². The molecule has 4 aromatic rings. The van der Waals surface area contributed by atoms with E-state index in [0.29, 0.717) is 16.3 Å². The van der Waals surface area contributed by atoms with E-state index in [0.717, 1.165) is 11.8 Å². The fraction of sp³-hybridized carbons (Fsp3) is 0.0833. The van der Waals surface area contributed by atoms with Gasteiger partial charge in [0.2, 0.25) is 11.8 Å². The highest BCUT2D eigenvalue weighted by Crippen LogP contribution is 2.20. The monoisotopic (exact) mass is 491 g/mol. The number of anilines is 1. The number of hydrogen-bond acceptors (Lipinski definition) is 6. The quantitative estimate of drug-likeness (QED) is 0.366. The molecule has 2 amide bonds. The predicted octanol–water partition coefficient (Wildman–Crippen LogP) is 3.23. The fourth-order valence-electron chi connectivity index (χ4n) is 3.25. The molecule has 1 atom stereocenters. The Balaban J connectivity index is 1.52. The molecule has 176 valence electrons. The summed E-state index contributed by atoms with van der Waals surface area (Å²) in [7, 11) is 0. The number of aromatic nitrogens is 5. The first-order chi connectivity index (χ1) is 17.0. The molecular weight excluding hydrogens is 473 g/mol. The van der Waals surface area contributed by atoms with Gasteiger partial charge < -0.3 is 10.6 Å². The SMILES string of the molecule is O=C(/C=C/c1cc(Cl)ccc1-n1cnnn1)N[C@@H](Cc1ccccc1)C(=O)Nc1ccc(F)cn1. The highest BCUT2D eigenvalue weighted by molar-refractivity contribution is 6.30. The molecule has 0 bridgehead atoms. The molecule has 35 heavy (non-hydrogen) atoms. The lowest BCUT2D eigenvalue weighted by Crippen LogP contribution is -2.44. The Morgan fingerprint density at radius 2 is 1.94 bits per heavy atom. The molecule has 0 saturated heterocycles. The van der Waals surface area contributed by atoms with Crippen LogP contribution in [0, 0.1) is 5.82 Å². The summed E-state index contributed by atoms with van der Waals surface area (Å²) >= 11 is 6.12. The zero-order chi connectivity index (χ0) is 24.6. The van der Waals surface area contributed by atoms with Crippen LogP contribution in [0.5, 0.6) is 0 Å². The number of carbonyl (C=O) groups excluding carboxylic acids is 2. The van der Waals surface area contributed by atoms with Gasteiger partial charge in [0.15, 0.2) is 0 Å². The third kappa shape index (κ3) is 6.55. The Labute approximate surface area is 204 Å². The number of halogens is 2. The van der Waals surface area contributed by atoms with Crippen molar-refractivity contribution >= 4 is 35.3 Å². The van der Waals surface area contributed by atoms with Crippen LogP contribution in [0.4, 0.5) is 10.2 Å². The molecule has 0 aliphatic heterocycles. The van der Waals surface area contributed by atoms with E-state index in [2.05, 4.69) is 31.1 Å². The Kier molecular flexibility index (Phi) is 7.53. The zero-order valence-corrected chi connectivity index (χ0v) is 18.9. The van der Waals surface area contributed by atoms with Gasteiger partial charge in [0.1, 0.15) is 24.0 Å². The van der Waals surface area contributed by atoms with E-state index in [4.69, 9.17) is 11.6 Å².